The van der Waals surface area contributed by atoms with Crippen LogP contribution in [0.4, 0.5) is 0 Å². The van der Waals surface area contributed by atoms with Crippen LogP contribution in [0, 0.1) is 5.92 Å². The molecule has 1 amide bonds. The standard InChI is InChI=1S/C18H26N2O3/c1-4-5-14-6-7-16(17(10-14)22-3)23-13-18(21)20-9-8-15(12-20)11-19-2/h4-7,10,15,19H,8-9,11-13H2,1-3H3. The second-order valence-electron chi connectivity index (χ2n) is 5.75. The lowest BCUT2D eigenvalue weighted by Gasteiger charge is -2.17. The Hall–Kier alpha value is -2.01. The van der Waals surface area contributed by atoms with Gasteiger partial charge in [-0.15, -0.1) is 0 Å². The molecule has 1 unspecified atom stereocenters. The molecule has 1 aromatic carbocycles. The van der Waals surface area contributed by atoms with E-state index in [0.717, 1.165) is 31.6 Å². The number of hydrogen-bond acceptors (Lipinski definition) is 4. The summed E-state index contributed by atoms with van der Waals surface area (Å²) >= 11 is 0. The van der Waals surface area contributed by atoms with Gasteiger partial charge in [0.05, 0.1) is 7.11 Å². The van der Waals surface area contributed by atoms with Crippen molar-refractivity contribution < 1.29 is 14.3 Å². The zero-order valence-electron chi connectivity index (χ0n) is 14.2. The summed E-state index contributed by atoms with van der Waals surface area (Å²) in [5.74, 6) is 1.81. The predicted octanol–water partition coefficient (Wildman–Crippen LogP) is 2.17. The zero-order valence-corrected chi connectivity index (χ0v) is 14.2. The van der Waals surface area contributed by atoms with Crippen molar-refractivity contribution in [2.24, 2.45) is 5.92 Å². The maximum absolute atomic E-state index is 12.3. The lowest BCUT2D eigenvalue weighted by atomic mass is 10.1. The van der Waals surface area contributed by atoms with Crippen molar-refractivity contribution in [3.05, 3.63) is 29.8 Å². The number of rotatable bonds is 7. The number of methoxy groups -OCH3 is 1. The lowest BCUT2D eigenvalue weighted by molar-refractivity contribution is -0.132. The molecule has 126 valence electrons. The summed E-state index contributed by atoms with van der Waals surface area (Å²) in [4.78, 5) is 14.1. The van der Waals surface area contributed by atoms with Gasteiger partial charge in [0, 0.05) is 13.1 Å². The van der Waals surface area contributed by atoms with Crippen molar-refractivity contribution in [3.63, 3.8) is 0 Å². The lowest BCUT2D eigenvalue weighted by Crippen LogP contribution is -2.34. The van der Waals surface area contributed by atoms with Crippen molar-refractivity contribution in [3.8, 4) is 11.5 Å². The van der Waals surface area contributed by atoms with Crippen LogP contribution in [0.25, 0.3) is 6.08 Å². The van der Waals surface area contributed by atoms with Crippen molar-refractivity contribution >= 4 is 12.0 Å². The molecule has 1 N–H and O–H groups in total. The third kappa shape index (κ3) is 4.73. The molecule has 0 saturated carbocycles. The summed E-state index contributed by atoms with van der Waals surface area (Å²) in [5.41, 5.74) is 1.04. The zero-order chi connectivity index (χ0) is 16.7. The van der Waals surface area contributed by atoms with Crippen molar-refractivity contribution in [2.75, 3.05) is 40.4 Å². The van der Waals surface area contributed by atoms with E-state index in [1.807, 2.05) is 49.2 Å². The number of carbonyl (C=O) groups is 1. The average molecular weight is 318 g/mol. The van der Waals surface area contributed by atoms with Crippen LogP contribution in [0.15, 0.2) is 24.3 Å². The second-order valence-corrected chi connectivity index (χ2v) is 5.75. The van der Waals surface area contributed by atoms with E-state index in [4.69, 9.17) is 9.47 Å². The molecule has 2 rings (SSSR count). The minimum absolute atomic E-state index is 0.0307. The van der Waals surface area contributed by atoms with Gasteiger partial charge < -0.3 is 19.7 Å². The van der Waals surface area contributed by atoms with Crippen LogP contribution < -0.4 is 14.8 Å². The third-order valence-electron chi connectivity index (χ3n) is 4.03. The Balaban J connectivity index is 1.91. The van der Waals surface area contributed by atoms with E-state index in [0.29, 0.717) is 17.4 Å². The normalized spacial score (nSPS) is 17.7. The molecule has 0 radical (unpaired) electrons. The minimum atomic E-state index is 0.0307. The molecule has 0 aliphatic carbocycles. The molecular weight excluding hydrogens is 292 g/mol. The molecule has 5 nitrogen and oxygen atoms in total. The number of nitrogens with one attached hydrogen (secondary N) is 1. The largest absolute Gasteiger partial charge is 0.493 e. The number of carbonyl (C=O) groups excluding carboxylic acids is 1. The first kappa shape index (κ1) is 17.3. The molecule has 1 aliphatic rings. The quantitative estimate of drug-likeness (QED) is 0.837. The highest BCUT2D eigenvalue weighted by molar-refractivity contribution is 5.78. The van der Waals surface area contributed by atoms with E-state index in [9.17, 15) is 4.79 Å². The van der Waals surface area contributed by atoms with E-state index < -0.39 is 0 Å². The maximum Gasteiger partial charge on any atom is 0.260 e. The molecule has 1 aromatic rings. The van der Waals surface area contributed by atoms with Gasteiger partial charge in [-0.25, -0.2) is 0 Å². The van der Waals surface area contributed by atoms with E-state index in [-0.39, 0.29) is 12.5 Å². The fourth-order valence-electron chi connectivity index (χ4n) is 2.84. The van der Waals surface area contributed by atoms with Gasteiger partial charge in [0.25, 0.3) is 5.91 Å². The Morgan fingerprint density at radius 1 is 1.43 bits per heavy atom. The highest BCUT2D eigenvalue weighted by Gasteiger charge is 2.26. The first-order valence-corrected chi connectivity index (χ1v) is 8.03. The van der Waals surface area contributed by atoms with Crippen LogP contribution in [0.1, 0.15) is 18.9 Å². The molecule has 1 aliphatic heterocycles. The van der Waals surface area contributed by atoms with Crippen LogP contribution in [-0.4, -0.2) is 51.2 Å². The fraction of sp³-hybridized carbons (Fsp3) is 0.500. The number of hydrogen-bond donors (Lipinski definition) is 1. The Labute approximate surface area is 138 Å². The van der Waals surface area contributed by atoms with E-state index in [1.54, 1.807) is 7.11 Å². The van der Waals surface area contributed by atoms with Gasteiger partial charge in [-0.1, -0.05) is 18.2 Å². The van der Waals surface area contributed by atoms with E-state index in [2.05, 4.69) is 5.32 Å². The molecule has 5 heteroatoms. The predicted molar refractivity (Wildman–Crippen MR) is 91.8 cm³/mol. The Morgan fingerprint density at radius 3 is 2.96 bits per heavy atom. The van der Waals surface area contributed by atoms with Gasteiger partial charge in [0.2, 0.25) is 0 Å². The van der Waals surface area contributed by atoms with Crippen LogP contribution in [0.2, 0.25) is 0 Å². The van der Waals surface area contributed by atoms with Crippen molar-refractivity contribution in [1.29, 1.82) is 0 Å². The summed E-state index contributed by atoms with van der Waals surface area (Å²) in [6.07, 6.45) is 5.01. The van der Waals surface area contributed by atoms with E-state index in [1.165, 1.54) is 0 Å². The van der Waals surface area contributed by atoms with Gasteiger partial charge in [-0.05, 0) is 50.6 Å². The molecule has 0 aromatic heterocycles. The summed E-state index contributed by atoms with van der Waals surface area (Å²) < 4.78 is 11.0. The van der Waals surface area contributed by atoms with E-state index >= 15 is 0 Å². The van der Waals surface area contributed by atoms with Crippen LogP contribution in [0.3, 0.4) is 0 Å². The molecule has 0 bridgehead atoms. The molecular formula is C18H26N2O3. The smallest absolute Gasteiger partial charge is 0.260 e. The van der Waals surface area contributed by atoms with Gasteiger partial charge in [-0.2, -0.15) is 0 Å². The summed E-state index contributed by atoms with van der Waals surface area (Å²) in [6.45, 7) is 4.58. The Kier molecular flexibility index (Phi) is 6.47. The first-order chi connectivity index (χ1) is 11.2. The average Bonchev–Trinajstić information content (AvgIpc) is 3.02. The third-order valence-corrected chi connectivity index (χ3v) is 4.03. The van der Waals surface area contributed by atoms with Crippen molar-refractivity contribution in [2.45, 2.75) is 13.3 Å². The monoisotopic (exact) mass is 318 g/mol. The van der Waals surface area contributed by atoms with Crippen molar-refractivity contribution in [1.82, 2.24) is 10.2 Å². The number of allylic oxidation sites excluding steroid dienone is 1. The summed E-state index contributed by atoms with van der Waals surface area (Å²) in [5, 5.41) is 3.17. The highest BCUT2D eigenvalue weighted by atomic mass is 16.5. The molecule has 1 saturated heterocycles. The van der Waals surface area contributed by atoms with Gasteiger partial charge in [0.15, 0.2) is 18.1 Å². The Morgan fingerprint density at radius 2 is 2.26 bits per heavy atom. The number of amides is 1. The molecule has 1 heterocycles. The Bertz CT molecular complexity index is 557. The van der Waals surface area contributed by atoms with Crippen LogP contribution in [-0.2, 0) is 4.79 Å². The molecule has 1 fully saturated rings. The summed E-state index contributed by atoms with van der Waals surface area (Å²) in [6, 6.07) is 5.69. The number of nitrogens with zero attached hydrogens (tertiary/aromatic N) is 1. The SMILES string of the molecule is CC=Cc1ccc(OCC(=O)N2CCC(CNC)C2)c(OC)c1. The fourth-order valence-corrected chi connectivity index (χ4v) is 2.84. The second kappa shape index (κ2) is 8.58. The molecule has 0 spiro atoms. The number of likely N-dealkylation sites (tertiary alicyclic amines) is 1. The van der Waals surface area contributed by atoms with Crippen LogP contribution >= 0.6 is 0 Å². The highest BCUT2D eigenvalue weighted by Crippen LogP contribution is 2.28. The minimum Gasteiger partial charge on any atom is -0.493 e. The topological polar surface area (TPSA) is 50.8 Å². The van der Waals surface area contributed by atoms with Gasteiger partial charge >= 0.3 is 0 Å². The number of benzene rings is 1. The van der Waals surface area contributed by atoms with Gasteiger partial charge in [-0.3, -0.25) is 4.79 Å². The molecule has 1 atom stereocenters. The first-order valence-electron chi connectivity index (χ1n) is 8.03. The van der Waals surface area contributed by atoms with Gasteiger partial charge in [0.1, 0.15) is 0 Å². The maximum atomic E-state index is 12.3. The summed E-state index contributed by atoms with van der Waals surface area (Å²) in [7, 11) is 3.55. The number of ether oxygens (including phenoxy) is 2. The molecule has 23 heavy (non-hydrogen) atoms. The van der Waals surface area contributed by atoms with Crippen LogP contribution in [0.5, 0.6) is 11.5 Å².